The van der Waals surface area contributed by atoms with E-state index in [1.165, 1.54) is 6.08 Å². The topological polar surface area (TPSA) is 108 Å². The number of carbonyl (C=O) groups excluding carboxylic acids is 2. The zero-order chi connectivity index (χ0) is 23.4. The molecule has 170 valence electrons. The summed E-state index contributed by atoms with van der Waals surface area (Å²) in [7, 11) is 0. The zero-order valence-electron chi connectivity index (χ0n) is 19.1. The van der Waals surface area contributed by atoms with Gasteiger partial charge in [-0.3, -0.25) is 9.59 Å². The lowest BCUT2D eigenvalue weighted by atomic mass is 9.38. The van der Waals surface area contributed by atoms with Gasteiger partial charge in [-0.2, -0.15) is 0 Å². The van der Waals surface area contributed by atoms with Gasteiger partial charge in [-0.25, -0.2) is 0 Å². The van der Waals surface area contributed by atoms with Crippen LogP contribution in [0, 0.1) is 27.6 Å². The van der Waals surface area contributed by atoms with Crippen molar-refractivity contribution in [2.24, 2.45) is 27.6 Å². The molecule has 6 atom stereocenters. The minimum atomic E-state index is -1.28. The van der Waals surface area contributed by atoms with Gasteiger partial charge in [-0.15, -0.1) is 0 Å². The van der Waals surface area contributed by atoms with Crippen LogP contribution in [0.3, 0.4) is 0 Å². The van der Waals surface area contributed by atoms with Crippen molar-refractivity contribution in [1.82, 2.24) is 0 Å². The highest BCUT2D eigenvalue weighted by Crippen LogP contribution is 2.72. The highest BCUT2D eigenvalue weighted by Gasteiger charge is 2.73. The third-order valence-corrected chi connectivity index (χ3v) is 9.35. The van der Waals surface area contributed by atoms with E-state index < -0.39 is 51.3 Å². The van der Waals surface area contributed by atoms with Crippen molar-refractivity contribution in [3.05, 3.63) is 53.2 Å². The van der Waals surface area contributed by atoms with E-state index >= 15 is 0 Å². The number of rotatable bonds is 1. The first-order chi connectivity index (χ1) is 14.8. The van der Waals surface area contributed by atoms with Crippen LogP contribution in [0.4, 0.5) is 0 Å². The summed E-state index contributed by atoms with van der Waals surface area (Å²) in [5.74, 6) is -1.73. The third-order valence-electron chi connectivity index (χ3n) is 9.35. The number of fused-ring (bicyclic) bond motifs is 5. The fourth-order valence-electron chi connectivity index (χ4n) is 7.68. The van der Waals surface area contributed by atoms with Gasteiger partial charge < -0.3 is 19.7 Å². The SMILES string of the molecule is CC1(C)C(=O)C=CC2(C)C1=C(O)C(=O)C1(C)C2C(O)CC2=C(c3ccoc3)CC(O)C21C. The number of Topliss-reactive ketones (excluding diaryl/α,β-unsaturated/α-hetero) is 1. The maximum Gasteiger partial charge on any atom is 0.204 e. The number of aliphatic hydroxyl groups is 3. The predicted molar refractivity (Wildman–Crippen MR) is 117 cm³/mol. The minimum absolute atomic E-state index is 0.187. The number of hydrogen-bond donors (Lipinski definition) is 3. The Morgan fingerprint density at radius 1 is 1.03 bits per heavy atom. The van der Waals surface area contributed by atoms with Gasteiger partial charge in [0.05, 0.1) is 35.6 Å². The molecule has 0 aliphatic heterocycles. The van der Waals surface area contributed by atoms with Crippen molar-refractivity contribution < 1.29 is 29.3 Å². The molecule has 6 nitrogen and oxygen atoms in total. The van der Waals surface area contributed by atoms with Crippen LogP contribution in [0.25, 0.3) is 5.57 Å². The van der Waals surface area contributed by atoms with Gasteiger partial charge in [0, 0.05) is 22.3 Å². The van der Waals surface area contributed by atoms with Crippen molar-refractivity contribution >= 4 is 17.1 Å². The Balaban J connectivity index is 1.82. The molecule has 1 saturated carbocycles. The largest absolute Gasteiger partial charge is 0.504 e. The maximum atomic E-state index is 14.0. The van der Waals surface area contributed by atoms with E-state index in [2.05, 4.69) is 0 Å². The average molecular weight is 439 g/mol. The minimum Gasteiger partial charge on any atom is -0.504 e. The standard InChI is InChI=1S/C26H30O6/c1-23(2)17(28)6-8-24(3)20-16(27)11-15-14(13-7-9-32-12-13)10-18(29)25(15,4)26(20,5)22(31)19(30)21(23)24/h6-9,12,16,18,20,27,29-30H,10-11H2,1-5H3. The van der Waals surface area contributed by atoms with Crippen molar-refractivity contribution in [3.8, 4) is 0 Å². The molecule has 1 aromatic heterocycles. The summed E-state index contributed by atoms with van der Waals surface area (Å²) in [6, 6.07) is 1.82. The van der Waals surface area contributed by atoms with E-state index in [-0.39, 0.29) is 5.78 Å². The van der Waals surface area contributed by atoms with Crippen LogP contribution in [0.15, 0.2) is 52.1 Å². The van der Waals surface area contributed by atoms with Crippen molar-refractivity contribution in [2.45, 2.75) is 59.7 Å². The highest BCUT2D eigenvalue weighted by molar-refractivity contribution is 6.06. The number of ketones is 2. The second kappa shape index (κ2) is 6.12. The van der Waals surface area contributed by atoms with Crippen LogP contribution in [-0.4, -0.2) is 39.1 Å². The molecule has 0 spiro atoms. The number of furan rings is 1. The maximum absolute atomic E-state index is 14.0. The number of carbonyl (C=O) groups is 2. The summed E-state index contributed by atoms with van der Waals surface area (Å²) in [5.41, 5.74) is -1.36. The number of hydrogen-bond acceptors (Lipinski definition) is 6. The molecule has 0 bridgehead atoms. The molecular formula is C26H30O6. The quantitative estimate of drug-likeness (QED) is 0.616. The van der Waals surface area contributed by atoms with Crippen molar-refractivity contribution in [1.29, 1.82) is 0 Å². The Labute approximate surface area is 187 Å². The molecule has 3 N–H and O–H groups in total. The Morgan fingerprint density at radius 3 is 2.34 bits per heavy atom. The van der Waals surface area contributed by atoms with E-state index in [4.69, 9.17) is 4.42 Å². The molecule has 1 fully saturated rings. The van der Waals surface area contributed by atoms with Crippen LogP contribution in [0.1, 0.15) is 53.0 Å². The molecule has 4 aliphatic carbocycles. The third kappa shape index (κ3) is 2.13. The summed E-state index contributed by atoms with van der Waals surface area (Å²) in [4.78, 5) is 26.7. The lowest BCUT2D eigenvalue weighted by Gasteiger charge is -2.64. The first kappa shape index (κ1) is 21.4. The molecular weight excluding hydrogens is 408 g/mol. The van der Waals surface area contributed by atoms with Gasteiger partial charge in [0.25, 0.3) is 0 Å². The predicted octanol–water partition coefficient (Wildman–Crippen LogP) is 3.76. The molecule has 0 aromatic carbocycles. The molecule has 1 aromatic rings. The van der Waals surface area contributed by atoms with E-state index in [1.807, 2.05) is 19.9 Å². The van der Waals surface area contributed by atoms with Gasteiger partial charge in [0.1, 0.15) is 0 Å². The molecule has 6 unspecified atom stereocenters. The Bertz CT molecular complexity index is 1140. The van der Waals surface area contributed by atoms with E-state index in [0.29, 0.717) is 18.4 Å². The molecule has 5 rings (SSSR count). The van der Waals surface area contributed by atoms with Crippen LogP contribution in [0.5, 0.6) is 0 Å². The molecule has 1 heterocycles. The second-order valence-corrected chi connectivity index (χ2v) is 11.0. The monoisotopic (exact) mass is 438 g/mol. The van der Waals surface area contributed by atoms with Gasteiger partial charge in [-0.05, 0) is 50.0 Å². The average Bonchev–Trinajstić information content (AvgIpc) is 3.32. The number of allylic oxidation sites excluding steroid dienone is 4. The Morgan fingerprint density at radius 2 is 1.72 bits per heavy atom. The first-order valence-electron chi connectivity index (χ1n) is 11.2. The second-order valence-electron chi connectivity index (χ2n) is 11.0. The van der Waals surface area contributed by atoms with Crippen molar-refractivity contribution in [3.63, 3.8) is 0 Å². The van der Waals surface area contributed by atoms with Gasteiger partial charge in [0.2, 0.25) is 5.78 Å². The normalized spacial score (nSPS) is 42.8. The van der Waals surface area contributed by atoms with E-state index in [0.717, 1.165) is 16.7 Å². The summed E-state index contributed by atoms with van der Waals surface area (Å²) in [6.45, 7) is 8.95. The Kier molecular flexibility index (Phi) is 4.09. The van der Waals surface area contributed by atoms with Crippen LogP contribution < -0.4 is 0 Å². The summed E-state index contributed by atoms with van der Waals surface area (Å²) < 4.78 is 5.26. The van der Waals surface area contributed by atoms with Gasteiger partial charge in [0.15, 0.2) is 11.5 Å². The summed E-state index contributed by atoms with van der Waals surface area (Å²) in [5, 5.41) is 34.3. The van der Waals surface area contributed by atoms with Gasteiger partial charge in [-0.1, -0.05) is 32.4 Å². The molecule has 0 radical (unpaired) electrons. The van der Waals surface area contributed by atoms with Crippen LogP contribution in [0.2, 0.25) is 0 Å². The van der Waals surface area contributed by atoms with E-state index in [9.17, 15) is 24.9 Å². The molecule has 0 saturated heterocycles. The highest BCUT2D eigenvalue weighted by atomic mass is 16.3. The fourth-order valence-corrected chi connectivity index (χ4v) is 7.68. The summed E-state index contributed by atoms with van der Waals surface area (Å²) >= 11 is 0. The Hall–Kier alpha value is -2.44. The van der Waals surface area contributed by atoms with Crippen LogP contribution >= 0.6 is 0 Å². The van der Waals surface area contributed by atoms with Crippen LogP contribution in [-0.2, 0) is 9.59 Å². The fraction of sp³-hybridized carbons (Fsp3) is 0.538. The zero-order valence-corrected chi connectivity index (χ0v) is 19.1. The molecule has 4 aliphatic rings. The van der Waals surface area contributed by atoms with E-state index in [1.54, 1.807) is 39.4 Å². The smallest absolute Gasteiger partial charge is 0.204 e. The molecule has 0 amide bonds. The lowest BCUT2D eigenvalue weighted by Crippen LogP contribution is -2.67. The number of aliphatic hydroxyl groups excluding tert-OH is 3. The lowest BCUT2D eigenvalue weighted by molar-refractivity contribution is -0.174. The van der Waals surface area contributed by atoms with Gasteiger partial charge >= 0.3 is 0 Å². The van der Waals surface area contributed by atoms with Crippen molar-refractivity contribution in [2.75, 3.05) is 0 Å². The summed E-state index contributed by atoms with van der Waals surface area (Å²) in [6.07, 6.45) is 5.28. The molecule has 32 heavy (non-hydrogen) atoms. The first-order valence-corrected chi connectivity index (χ1v) is 11.2. The molecule has 6 heteroatoms.